The Morgan fingerprint density at radius 1 is 0.830 bits per heavy atom. The first-order chi connectivity index (χ1) is 22.2. The number of halogens is 4. The zero-order valence-electron chi connectivity index (χ0n) is 23.5. The number of nitrogens with two attached hydrogens (primary N) is 1. The number of hydrogen-bond acceptors (Lipinski definition) is 10. The van der Waals surface area contributed by atoms with Crippen molar-refractivity contribution in [2.75, 3.05) is 16.7 Å². The average Bonchev–Trinajstić information content (AvgIpc) is 3.55. The fourth-order valence-corrected chi connectivity index (χ4v) is 6.05. The van der Waals surface area contributed by atoms with Gasteiger partial charge in [0.05, 0.1) is 29.7 Å². The van der Waals surface area contributed by atoms with Crippen LogP contribution in [0.15, 0.2) is 69.5 Å². The molecule has 6 aromatic rings. The van der Waals surface area contributed by atoms with Gasteiger partial charge in [-0.05, 0) is 106 Å². The number of aromatic nitrogens is 2. The van der Waals surface area contributed by atoms with E-state index in [0.717, 1.165) is 6.26 Å². The molecule has 13 nitrogen and oxygen atoms in total. The number of benzene rings is 2. The van der Waals surface area contributed by atoms with Gasteiger partial charge in [0, 0.05) is 11.1 Å². The number of aromatic carboxylic acids is 1. The minimum Gasteiger partial charge on any atom is -0.478 e. The molecule has 0 fully saturated rings. The van der Waals surface area contributed by atoms with E-state index in [1.165, 1.54) is 60.1 Å². The zero-order valence-corrected chi connectivity index (χ0v) is 28.6. The maximum absolute atomic E-state index is 13.2. The Morgan fingerprint density at radius 2 is 1.30 bits per heavy atom. The molecule has 6 rings (SSSR count). The van der Waals surface area contributed by atoms with Crippen molar-refractivity contribution < 1.29 is 45.9 Å². The minimum absolute atomic E-state index is 0.00886. The number of carbonyl (C=O) groups is 2. The van der Waals surface area contributed by atoms with E-state index in [4.69, 9.17) is 19.8 Å². The summed E-state index contributed by atoms with van der Waals surface area (Å²) < 4.78 is 63.5. The number of amides is 1. The van der Waals surface area contributed by atoms with Crippen molar-refractivity contribution in [3.05, 3.63) is 90.6 Å². The third-order valence-corrected chi connectivity index (χ3v) is 8.59. The maximum atomic E-state index is 13.2. The largest absolute Gasteiger partial charge is 0.478 e. The van der Waals surface area contributed by atoms with E-state index in [9.17, 15) is 31.9 Å². The predicted octanol–water partition coefficient (Wildman–Crippen LogP) is 6.25. The minimum atomic E-state index is -3.57. The van der Waals surface area contributed by atoms with Crippen molar-refractivity contribution in [1.82, 2.24) is 15.4 Å². The standard InChI is InChI=1S/C15H11FIN3O5S.C14H8FIN2O3/c1-26(23,24)20-13-10(17)6-9-11(14(21)19-22)12(25-15(9)18-13)7-2-4-8(16)5-3-7;15-7-3-1-6(2-4-7)11-10(14(19)20)8-5-9(16)12(17)18-13(8)21-11/h2-6,22H,1H3,(H,18,20)(H,19,21);1-5H,(H2,17,18)(H,19,20). The zero-order chi connectivity index (χ0) is 34.2. The smallest absolute Gasteiger partial charge is 0.340 e. The Balaban J connectivity index is 0.000000189. The van der Waals surface area contributed by atoms with E-state index in [1.807, 2.05) is 45.2 Å². The molecule has 1 amide bonds. The van der Waals surface area contributed by atoms with Gasteiger partial charge in [-0.3, -0.25) is 14.7 Å². The third-order valence-electron chi connectivity index (χ3n) is 6.34. The van der Waals surface area contributed by atoms with Gasteiger partial charge in [0.15, 0.2) is 11.6 Å². The molecule has 2 aromatic carbocycles. The highest BCUT2D eigenvalue weighted by molar-refractivity contribution is 14.1. The molecule has 4 aromatic heterocycles. The van der Waals surface area contributed by atoms with Crippen LogP contribution in [0.4, 0.5) is 20.4 Å². The quantitative estimate of drug-likeness (QED) is 0.0717. The molecule has 47 heavy (non-hydrogen) atoms. The first-order valence-corrected chi connectivity index (χ1v) is 16.9. The number of sulfonamides is 1. The van der Waals surface area contributed by atoms with Crippen LogP contribution in [0.5, 0.6) is 0 Å². The van der Waals surface area contributed by atoms with Gasteiger partial charge in [-0.25, -0.2) is 27.5 Å². The van der Waals surface area contributed by atoms with E-state index in [0.29, 0.717) is 23.7 Å². The molecule has 0 unspecified atom stereocenters. The van der Waals surface area contributed by atoms with E-state index >= 15 is 0 Å². The monoisotopic (exact) mass is 889 g/mol. The highest BCUT2D eigenvalue weighted by Crippen LogP contribution is 2.36. The van der Waals surface area contributed by atoms with Crippen LogP contribution in [-0.4, -0.2) is 46.8 Å². The van der Waals surface area contributed by atoms with Crippen LogP contribution < -0.4 is 15.9 Å². The average molecular weight is 889 g/mol. The number of nitrogen functional groups attached to an aromatic ring is 1. The summed E-state index contributed by atoms with van der Waals surface area (Å²) in [7, 11) is -3.57. The SMILES string of the molecule is CS(=O)(=O)Nc1nc2oc(-c3ccc(F)cc3)c(C(=O)NO)c2cc1I.Nc1nc2oc(-c3ccc(F)cc3)c(C(=O)O)c2cc1I. The lowest BCUT2D eigenvalue weighted by molar-refractivity contribution is 0.0695. The molecule has 0 atom stereocenters. The number of pyridine rings is 2. The molecule has 0 saturated carbocycles. The lowest BCUT2D eigenvalue weighted by atomic mass is 10.1. The van der Waals surface area contributed by atoms with Gasteiger partial charge in [0.25, 0.3) is 5.91 Å². The van der Waals surface area contributed by atoms with Crippen LogP contribution in [0.25, 0.3) is 44.8 Å². The van der Waals surface area contributed by atoms with Gasteiger partial charge in [-0.15, -0.1) is 0 Å². The molecule has 0 aliphatic rings. The van der Waals surface area contributed by atoms with Crippen LogP contribution in [0.3, 0.4) is 0 Å². The number of fused-ring (bicyclic) bond motifs is 2. The molecule has 18 heteroatoms. The van der Waals surface area contributed by atoms with E-state index in [-0.39, 0.29) is 51.1 Å². The topological polar surface area (TPSA) is 211 Å². The van der Waals surface area contributed by atoms with Crippen LogP contribution in [0.2, 0.25) is 0 Å². The van der Waals surface area contributed by atoms with Gasteiger partial charge < -0.3 is 19.7 Å². The van der Waals surface area contributed by atoms with Crippen molar-refractivity contribution in [2.24, 2.45) is 0 Å². The number of hydrogen-bond donors (Lipinski definition) is 5. The van der Waals surface area contributed by atoms with Crippen molar-refractivity contribution in [3.63, 3.8) is 0 Å². The summed E-state index contributed by atoms with van der Waals surface area (Å²) in [4.78, 5) is 31.8. The highest BCUT2D eigenvalue weighted by Gasteiger charge is 2.25. The summed E-state index contributed by atoms with van der Waals surface area (Å²) in [6, 6.07) is 13.7. The van der Waals surface area contributed by atoms with Gasteiger partial charge in [0.1, 0.15) is 28.8 Å². The number of carboxylic acid groups (broad SMARTS) is 1. The Hall–Kier alpha value is -4.41. The Kier molecular flexibility index (Phi) is 9.65. The van der Waals surface area contributed by atoms with Gasteiger partial charge in [-0.2, -0.15) is 9.97 Å². The predicted molar refractivity (Wildman–Crippen MR) is 183 cm³/mol. The molecular formula is C29H19F2I2N5O8S. The number of rotatable bonds is 6. The highest BCUT2D eigenvalue weighted by atomic mass is 127. The number of anilines is 2. The Labute approximate surface area is 290 Å². The van der Waals surface area contributed by atoms with Crippen LogP contribution in [0, 0.1) is 18.8 Å². The normalized spacial score (nSPS) is 11.3. The van der Waals surface area contributed by atoms with Crippen LogP contribution in [0.1, 0.15) is 20.7 Å². The molecular weight excluding hydrogens is 870 g/mol. The number of nitrogens with zero attached hydrogens (tertiary/aromatic N) is 2. The maximum Gasteiger partial charge on any atom is 0.340 e. The van der Waals surface area contributed by atoms with Gasteiger partial charge in [-0.1, -0.05) is 0 Å². The Bertz CT molecular complexity index is 2290. The van der Waals surface area contributed by atoms with E-state index < -0.39 is 33.5 Å². The number of furan rings is 2. The molecule has 4 heterocycles. The van der Waals surface area contributed by atoms with Gasteiger partial charge in [0.2, 0.25) is 21.5 Å². The van der Waals surface area contributed by atoms with Crippen LogP contribution in [-0.2, 0) is 10.0 Å². The molecule has 0 saturated heterocycles. The molecule has 0 bridgehead atoms. The second-order valence-corrected chi connectivity index (χ2v) is 13.7. The number of carboxylic acids is 1. The summed E-state index contributed by atoms with van der Waals surface area (Å²) in [6.45, 7) is 0. The summed E-state index contributed by atoms with van der Waals surface area (Å²) in [5.41, 5.74) is 8.19. The molecule has 6 N–H and O–H groups in total. The second kappa shape index (κ2) is 13.4. The molecule has 0 spiro atoms. The molecule has 0 aliphatic heterocycles. The number of hydroxylamine groups is 1. The third kappa shape index (κ3) is 7.29. The first kappa shape index (κ1) is 33.9. The lowest BCUT2D eigenvalue weighted by Crippen LogP contribution is -2.19. The van der Waals surface area contributed by atoms with Crippen molar-refractivity contribution in [2.45, 2.75) is 0 Å². The van der Waals surface area contributed by atoms with Crippen LogP contribution >= 0.6 is 45.2 Å². The Morgan fingerprint density at radius 3 is 1.79 bits per heavy atom. The molecule has 0 radical (unpaired) electrons. The number of carbonyl (C=O) groups excluding carboxylic acids is 1. The molecule has 242 valence electrons. The molecule has 0 aliphatic carbocycles. The number of nitrogens with one attached hydrogen (secondary N) is 2. The van der Waals surface area contributed by atoms with E-state index in [2.05, 4.69) is 14.7 Å². The van der Waals surface area contributed by atoms with Crippen molar-refractivity contribution in [3.8, 4) is 22.6 Å². The van der Waals surface area contributed by atoms with Crippen molar-refractivity contribution in [1.29, 1.82) is 0 Å². The van der Waals surface area contributed by atoms with Gasteiger partial charge >= 0.3 is 5.97 Å². The summed E-state index contributed by atoms with van der Waals surface area (Å²) >= 11 is 3.82. The second-order valence-electron chi connectivity index (χ2n) is 9.63. The summed E-state index contributed by atoms with van der Waals surface area (Å²) in [5, 5.41) is 19.1. The fraction of sp³-hybridized carbons (Fsp3) is 0.0345. The summed E-state index contributed by atoms with van der Waals surface area (Å²) in [5.74, 6) is -2.37. The first-order valence-electron chi connectivity index (χ1n) is 12.9. The lowest BCUT2D eigenvalue weighted by Gasteiger charge is -2.05. The van der Waals surface area contributed by atoms with E-state index in [1.54, 1.807) is 6.07 Å². The summed E-state index contributed by atoms with van der Waals surface area (Å²) in [6.07, 6.45) is 0.978. The van der Waals surface area contributed by atoms with Crippen molar-refractivity contribution >= 4 is 101 Å². The fourth-order valence-electron chi connectivity index (χ4n) is 4.36.